The van der Waals surface area contributed by atoms with E-state index in [1.807, 2.05) is 36.6 Å². The SMILES string of the molecule is COc1ccc(N2CCN(CC(=O)Nc3cccc(-c4csc(C)n4)c3)C2=O)cc1OC. The third-order valence-corrected chi connectivity index (χ3v) is 5.94. The molecule has 0 aliphatic carbocycles. The number of benzene rings is 2. The summed E-state index contributed by atoms with van der Waals surface area (Å²) in [4.78, 5) is 33.1. The number of anilines is 2. The molecular formula is C23H24N4O4S. The highest BCUT2D eigenvalue weighted by Crippen LogP contribution is 2.33. The predicted molar refractivity (Wildman–Crippen MR) is 125 cm³/mol. The number of hydrogen-bond acceptors (Lipinski definition) is 6. The molecule has 3 aromatic rings. The fourth-order valence-corrected chi connectivity index (χ4v) is 4.21. The molecule has 4 rings (SSSR count). The number of hydrogen-bond donors (Lipinski definition) is 1. The van der Waals surface area contributed by atoms with Crippen molar-refractivity contribution in [3.63, 3.8) is 0 Å². The van der Waals surface area contributed by atoms with E-state index in [2.05, 4.69) is 10.3 Å². The topological polar surface area (TPSA) is 84.0 Å². The Morgan fingerprint density at radius 2 is 1.94 bits per heavy atom. The van der Waals surface area contributed by atoms with Gasteiger partial charge >= 0.3 is 6.03 Å². The zero-order chi connectivity index (χ0) is 22.7. The summed E-state index contributed by atoms with van der Waals surface area (Å²) in [6, 6.07) is 12.6. The lowest BCUT2D eigenvalue weighted by Gasteiger charge is -2.19. The molecule has 1 aliphatic rings. The van der Waals surface area contributed by atoms with Crippen LogP contribution in [0.3, 0.4) is 0 Å². The number of amides is 3. The van der Waals surface area contributed by atoms with E-state index in [9.17, 15) is 9.59 Å². The summed E-state index contributed by atoms with van der Waals surface area (Å²) in [5, 5.41) is 5.86. The summed E-state index contributed by atoms with van der Waals surface area (Å²) in [5.41, 5.74) is 3.18. The van der Waals surface area contributed by atoms with Crippen LogP contribution in [-0.2, 0) is 4.79 Å². The van der Waals surface area contributed by atoms with Gasteiger partial charge in [-0.2, -0.15) is 0 Å². The van der Waals surface area contributed by atoms with E-state index in [1.165, 1.54) is 4.90 Å². The number of methoxy groups -OCH3 is 2. The number of aromatic nitrogens is 1. The van der Waals surface area contributed by atoms with Gasteiger partial charge in [-0.15, -0.1) is 11.3 Å². The van der Waals surface area contributed by atoms with Gasteiger partial charge in [0, 0.05) is 41.5 Å². The first-order valence-corrected chi connectivity index (χ1v) is 11.0. The summed E-state index contributed by atoms with van der Waals surface area (Å²) in [6.45, 7) is 2.87. The fraction of sp³-hybridized carbons (Fsp3) is 0.261. The van der Waals surface area contributed by atoms with Gasteiger partial charge in [0.2, 0.25) is 5.91 Å². The third-order valence-electron chi connectivity index (χ3n) is 5.17. The molecule has 1 aliphatic heterocycles. The predicted octanol–water partition coefficient (Wildman–Crippen LogP) is 4.02. The molecule has 0 bridgehead atoms. The Labute approximate surface area is 190 Å². The van der Waals surface area contributed by atoms with Crippen LogP contribution in [0, 0.1) is 6.92 Å². The van der Waals surface area contributed by atoms with Gasteiger partial charge in [0.15, 0.2) is 11.5 Å². The first-order chi connectivity index (χ1) is 15.5. The van der Waals surface area contributed by atoms with Crippen molar-refractivity contribution in [1.29, 1.82) is 0 Å². The highest BCUT2D eigenvalue weighted by molar-refractivity contribution is 7.09. The summed E-state index contributed by atoms with van der Waals surface area (Å²) in [7, 11) is 3.11. The van der Waals surface area contributed by atoms with E-state index in [0.717, 1.165) is 16.3 Å². The molecule has 1 saturated heterocycles. The average Bonchev–Trinajstić information content (AvgIpc) is 3.39. The molecule has 0 spiro atoms. The molecule has 2 heterocycles. The van der Waals surface area contributed by atoms with Crippen molar-refractivity contribution in [2.24, 2.45) is 0 Å². The molecule has 2 aromatic carbocycles. The molecular weight excluding hydrogens is 428 g/mol. The number of ether oxygens (including phenoxy) is 2. The quantitative estimate of drug-likeness (QED) is 0.585. The van der Waals surface area contributed by atoms with E-state index < -0.39 is 0 Å². The molecule has 1 fully saturated rings. The maximum absolute atomic E-state index is 12.9. The van der Waals surface area contributed by atoms with Gasteiger partial charge < -0.3 is 19.7 Å². The second-order valence-electron chi connectivity index (χ2n) is 7.28. The maximum atomic E-state index is 12.9. The van der Waals surface area contributed by atoms with Crippen LogP contribution < -0.4 is 19.7 Å². The number of thiazole rings is 1. The third kappa shape index (κ3) is 4.52. The fourth-order valence-electron chi connectivity index (χ4n) is 3.59. The number of rotatable bonds is 7. The minimum atomic E-state index is -0.251. The Hall–Kier alpha value is -3.59. The van der Waals surface area contributed by atoms with Crippen molar-refractivity contribution in [1.82, 2.24) is 9.88 Å². The monoisotopic (exact) mass is 452 g/mol. The molecule has 9 heteroatoms. The Kier molecular flexibility index (Phi) is 6.27. The van der Waals surface area contributed by atoms with Crippen molar-refractivity contribution in [3.05, 3.63) is 52.9 Å². The molecule has 0 radical (unpaired) electrons. The van der Waals surface area contributed by atoms with E-state index in [1.54, 1.807) is 48.7 Å². The van der Waals surface area contributed by atoms with Gasteiger partial charge in [-0.1, -0.05) is 12.1 Å². The van der Waals surface area contributed by atoms with Crippen LogP contribution in [0.1, 0.15) is 5.01 Å². The van der Waals surface area contributed by atoms with Crippen molar-refractivity contribution < 1.29 is 19.1 Å². The Morgan fingerprint density at radius 3 is 2.66 bits per heavy atom. The first-order valence-electron chi connectivity index (χ1n) is 10.1. The van der Waals surface area contributed by atoms with Crippen LogP contribution in [0.25, 0.3) is 11.3 Å². The normalized spacial score (nSPS) is 13.4. The molecule has 8 nitrogen and oxygen atoms in total. The van der Waals surface area contributed by atoms with Crippen molar-refractivity contribution in [2.45, 2.75) is 6.92 Å². The van der Waals surface area contributed by atoms with Crippen LogP contribution in [-0.4, -0.2) is 55.7 Å². The van der Waals surface area contributed by atoms with Crippen LogP contribution in [0.15, 0.2) is 47.8 Å². The highest BCUT2D eigenvalue weighted by atomic mass is 32.1. The van der Waals surface area contributed by atoms with Crippen LogP contribution in [0.5, 0.6) is 11.5 Å². The summed E-state index contributed by atoms with van der Waals surface area (Å²) in [5.74, 6) is 0.887. The van der Waals surface area contributed by atoms with E-state index in [-0.39, 0.29) is 18.5 Å². The minimum Gasteiger partial charge on any atom is -0.493 e. The maximum Gasteiger partial charge on any atom is 0.325 e. The summed E-state index contributed by atoms with van der Waals surface area (Å²) < 4.78 is 10.6. The Morgan fingerprint density at radius 1 is 1.12 bits per heavy atom. The second-order valence-corrected chi connectivity index (χ2v) is 8.34. The Bertz CT molecular complexity index is 1150. The van der Waals surface area contributed by atoms with Gasteiger partial charge in [-0.3, -0.25) is 9.69 Å². The van der Waals surface area contributed by atoms with Crippen molar-refractivity contribution in [3.8, 4) is 22.8 Å². The van der Waals surface area contributed by atoms with Crippen LogP contribution in [0.4, 0.5) is 16.2 Å². The van der Waals surface area contributed by atoms with Gasteiger partial charge in [-0.05, 0) is 31.2 Å². The Balaban J connectivity index is 1.40. The molecule has 0 atom stereocenters. The standard InChI is InChI=1S/C23H24N4O4S/c1-15-24-19(14-32-15)16-5-4-6-17(11-16)25-22(28)13-26-9-10-27(23(26)29)18-7-8-20(30-2)21(12-18)31-3/h4-8,11-12,14H,9-10,13H2,1-3H3,(H,25,28). The number of nitrogens with zero attached hydrogens (tertiary/aromatic N) is 3. The van der Waals surface area contributed by atoms with Crippen LogP contribution in [0.2, 0.25) is 0 Å². The van der Waals surface area contributed by atoms with E-state index in [0.29, 0.717) is 36.0 Å². The number of carbonyl (C=O) groups excluding carboxylic acids is 2. The minimum absolute atomic E-state index is 0.0251. The molecule has 1 N–H and O–H groups in total. The first kappa shape index (κ1) is 21.6. The lowest BCUT2D eigenvalue weighted by Crippen LogP contribution is -2.37. The lowest BCUT2D eigenvalue weighted by atomic mass is 10.1. The smallest absolute Gasteiger partial charge is 0.325 e. The second kappa shape index (κ2) is 9.27. The number of urea groups is 1. The number of aryl methyl sites for hydroxylation is 1. The van der Waals surface area contributed by atoms with Gasteiger partial charge in [0.05, 0.1) is 24.9 Å². The zero-order valence-electron chi connectivity index (χ0n) is 18.1. The van der Waals surface area contributed by atoms with Crippen molar-refractivity contribution in [2.75, 3.05) is 44.1 Å². The van der Waals surface area contributed by atoms with Gasteiger partial charge in [0.25, 0.3) is 0 Å². The van der Waals surface area contributed by atoms with Gasteiger partial charge in [0.1, 0.15) is 6.54 Å². The molecule has 32 heavy (non-hydrogen) atoms. The zero-order valence-corrected chi connectivity index (χ0v) is 18.9. The van der Waals surface area contributed by atoms with Crippen molar-refractivity contribution >= 4 is 34.6 Å². The molecule has 1 aromatic heterocycles. The number of nitrogens with one attached hydrogen (secondary N) is 1. The van der Waals surface area contributed by atoms with E-state index >= 15 is 0 Å². The highest BCUT2D eigenvalue weighted by Gasteiger charge is 2.31. The summed E-state index contributed by atoms with van der Waals surface area (Å²) in [6.07, 6.45) is 0. The summed E-state index contributed by atoms with van der Waals surface area (Å²) >= 11 is 1.58. The molecule has 0 saturated carbocycles. The molecule has 3 amide bonds. The molecule has 166 valence electrons. The van der Waals surface area contributed by atoms with Crippen LogP contribution >= 0.6 is 11.3 Å². The number of carbonyl (C=O) groups is 2. The molecule has 0 unspecified atom stereocenters. The van der Waals surface area contributed by atoms with E-state index in [4.69, 9.17) is 9.47 Å². The average molecular weight is 453 g/mol. The largest absolute Gasteiger partial charge is 0.493 e. The van der Waals surface area contributed by atoms with Gasteiger partial charge in [-0.25, -0.2) is 9.78 Å². The lowest BCUT2D eigenvalue weighted by molar-refractivity contribution is -0.116.